The number of halogens is 1. The molecule has 3 unspecified atom stereocenters. The van der Waals surface area contributed by atoms with Gasteiger partial charge >= 0.3 is 0 Å². The second-order valence-electron chi connectivity index (χ2n) is 9.49. The van der Waals surface area contributed by atoms with Gasteiger partial charge in [-0.2, -0.15) is 0 Å². The lowest BCUT2D eigenvalue weighted by Crippen LogP contribution is -2.30. The topological polar surface area (TPSA) is 23.6 Å². The van der Waals surface area contributed by atoms with Crippen LogP contribution in [0, 0.1) is 12.8 Å². The van der Waals surface area contributed by atoms with Gasteiger partial charge in [-0.3, -0.25) is 4.79 Å². The fourth-order valence-corrected chi connectivity index (χ4v) is 6.22. The molecule has 0 spiro atoms. The summed E-state index contributed by atoms with van der Waals surface area (Å²) in [6, 6.07) is 14.5. The lowest BCUT2D eigenvalue weighted by atomic mass is 9.75. The number of carbonyl (C=O) groups excluding carboxylic acids is 1. The zero-order chi connectivity index (χ0) is 22.8. The maximum Gasteiger partial charge on any atom is 0.258 e. The summed E-state index contributed by atoms with van der Waals surface area (Å²) in [5.41, 5.74) is 6.94. The van der Waals surface area contributed by atoms with Gasteiger partial charge < -0.3 is 9.80 Å². The van der Waals surface area contributed by atoms with Crippen LogP contribution in [-0.2, 0) is 0 Å². The van der Waals surface area contributed by atoms with Gasteiger partial charge in [0, 0.05) is 40.7 Å². The molecule has 3 nitrogen and oxygen atoms in total. The van der Waals surface area contributed by atoms with E-state index < -0.39 is 0 Å². The molecule has 1 saturated carbocycles. The summed E-state index contributed by atoms with van der Waals surface area (Å²) in [6.07, 6.45) is 9.89. The number of alkyl halides is 1. The molecule has 1 aliphatic carbocycles. The molecule has 2 aromatic carbocycles. The number of fused-ring (bicyclic) bond motifs is 1. The normalized spacial score (nSPS) is 24.7. The predicted molar refractivity (Wildman–Crippen MR) is 144 cm³/mol. The van der Waals surface area contributed by atoms with Crippen molar-refractivity contribution < 1.29 is 4.79 Å². The van der Waals surface area contributed by atoms with Gasteiger partial charge in [0.15, 0.2) is 0 Å². The second kappa shape index (κ2) is 9.98. The fourth-order valence-electron chi connectivity index (χ4n) is 5.42. The maximum atomic E-state index is 13.4. The van der Waals surface area contributed by atoms with Crippen molar-refractivity contribution >= 4 is 39.9 Å². The Morgan fingerprint density at radius 2 is 1.84 bits per heavy atom. The van der Waals surface area contributed by atoms with E-state index in [1.165, 1.54) is 54.6 Å². The van der Waals surface area contributed by atoms with Gasteiger partial charge in [-0.15, -0.1) is 0 Å². The van der Waals surface area contributed by atoms with Crippen LogP contribution in [0.5, 0.6) is 0 Å². The summed E-state index contributed by atoms with van der Waals surface area (Å²) in [6.45, 7) is 4.22. The molecule has 0 aromatic heterocycles. The van der Waals surface area contributed by atoms with Crippen LogP contribution in [0.15, 0.2) is 54.2 Å². The average Bonchev–Trinajstić information content (AvgIpc) is 3.03. The first-order valence-corrected chi connectivity index (χ1v) is 13.1. The first kappa shape index (κ1) is 23.3. The van der Waals surface area contributed by atoms with Crippen LogP contribution in [-0.4, -0.2) is 23.9 Å². The molecule has 0 saturated heterocycles. The van der Waals surface area contributed by atoms with Crippen molar-refractivity contribution in [2.75, 3.05) is 23.9 Å². The van der Waals surface area contributed by atoms with E-state index in [-0.39, 0.29) is 5.91 Å². The Balaban J connectivity index is 1.68. The Labute approximate surface area is 207 Å². The summed E-state index contributed by atoms with van der Waals surface area (Å²) < 4.78 is 0.806. The summed E-state index contributed by atoms with van der Waals surface area (Å²) in [4.78, 5) is 17.5. The summed E-state index contributed by atoms with van der Waals surface area (Å²) in [7, 11) is 4.04. The van der Waals surface area contributed by atoms with E-state index >= 15 is 0 Å². The van der Waals surface area contributed by atoms with Crippen molar-refractivity contribution in [1.29, 1.82) is 0 Å². The molecule has 1 heterocycles. The lowest BCUT2D eigenvalue weighted by molar-refractivity contribution is 0.0993. The molecule has 0 bridgehead atoms. The highest BCUT2D eigenvalue weighted by molar-refractivity contribution is 14.1. The van der Waals surface area contributed by atoms with Crippen LogP contribution in [0.4, 0.5) is 11.4 Å². The number of hydrogen-bond donors (Lipinski definition) is 0. The summed E-state index contributed by atoms with van der Waals surface area (Å²) in [5, 5.41) is 0. The number of carbonyl (C=O) groups is 1. The molecule has 0 N–H and O–H groups in total. The number of hydrogen-bond acceptors (Lipinski definition) is 2. The third-order valence-electron chi connectivity index (χ3n) is 7.47. The van der Waals surface area contributed by atoms with Crippen LogP contribution in [0.25, 0.3) is 0 Å². The maximum absolute atomic E-state index is 13.4. The predicted octanol–water partition coefficient (Wildman–Crippen LogP) is 7.48. The van der Waals surface area contributed by atoms with Crippen LogP contribution < -0.4 is 9.80 Å². The number of rotatable bonds is 3. The van der Waals surface area contributed by atoms with Crippen molar-refractivity contribution in [1.82, 2.24) is 0 Å². The molecule has 0 radical (unpaired) electrons. The Bertz CT molecular complexity index is 997. The van der Waals surface area contributed by atoms with Gasteiger partial charge in [0.25, 0.3) is 5.91 Å². The number of nitrogens with zero attached hydrogens (tertiary/aromatic N) is 2. The van der Waals surface area contributed by atoms with Gasteiger partial charge in [-0.25, -0.2) is 0 Å². The zero-order valence-corrected chi connectivity index (χ0v) is 21.9. The molecule has 1 fully saturated rings. The van der Waals surface area contributed by atoms with Crippen LogP contribution in [0.2, 0.25) is 0 Å². The van der Waals surface area contributed by atoms with E-state index in [1.54, 1.807) is 4.90 Å². The fraction of sp³-hybridized carbons (Fsp3) is 0.464. The van der Waals surface area contributed by atoms with E-state index in [1.807, 2.05) is 25.2 Å². The molecule has 1 aliphatic heterocycles. The molecular formula is C28H35IN2O. The number of anilines is 2. The Kier molecular flexibility index (Phi) is 7.28. The molecular weight excluding hydrogens is 507 g/mol. The van der Waals surface area contributed by atoms with E-state index in [0.29, 0.717) is 11.8 Å². The molecule has 4 heteroatoms. The monoisotopic (exact) mass is 542 g/mol. The first-order chi connectivity index (χ1) is 15.4. The summed E-state index contributed by atoms with van der Waals surface area (Å²) in [5.74, 6) is 1.24. The van der Waals surface area contributed by atoms with Gasteiger partial charge in [-0.05, 0) is 93.7 Å². The Morgan fingerprint density at radius 3 is 2.56 bits per heavy atom. The molecule has 32 heavy (non-hydrogen) atoms. The standard InChI is InChI=1S/C28H35IN2O/c1-5-23-18-25(20-7-6-8-22(29)13-11-20)26-17-21(12-16-27(26)30(23)3)28(32)31(4)24-14-9-19(2)10-15-24/h5,9-10,12,14-17,20,22,25H,6-8,11,13,18H2,1-4H3/b23-5+. The van der Waals surface area contributed by atoms with E-state index in [0.717, 1.165) is 21.6 Å². The minimum Gasteiger partial charge on any atom is -0.348 e. The molecule has 1 amide bonds. The third kappa shape index (κ3) is 4.75. The number of amides is 1. The molecule has 170 valence electrons. The van der Waals surface area contributed by atoms with Gasteiger partial charge in [-0.1, -0.05) is 52.8 Å². The molecule has 3 atom stereocenters. The first-order valence-electron chi connectivity index (χ1n) is 11.9. The average molecular weight is 543 g/mol. The molecule has 2 aliphatic rings. The Hall–Kier alpha value is -1.82. The number of allylic oxidation sites excluding steroid dienone is 2. The SMILES string of the molecule is C/C=C1\CC(C2CCCC(I)CC2)c2cc(C(=O)N(C)c3ccc(C)cc3)ccc2N1C. The van der Waals surface area contributed by atoms with Crippen molar-refractivity contribution in [2.24, 2.45) is 5.92 Å². The Morgan fingerprint density at radius 1 is 1.09 bits per heavy atom. The van der Waals surface area contributed by atoms with Crippen LogP contribution in [0.3, 0.4) is 0 Å². The van der Waals surface area contributed by atoms with Crippen LogP contribution >= 0.6 is 22.6 Å². The van der Waals surface area contributed by atoms with Crippen molar-refractivity contribution in [3.63, 3.8) is 0 Å². The quantitative estimate of drug-likeness (QED) is 0.228. The highest BCUT2D eigenvalue weighted by Crippen LogP contribution is 2.47. The molecule has 2 aromatic rings. The highest BCUT2D eigenvalue weighted by atomic mass is 127. The van der Waals surface area contributed by atoms with Gasteiger partial charge in [0.05, 0.1) is 0 Å². The van der Waals surface area contributed by atoms with Gasteiger partial charge in [0.1, 0.15) is 0 Å². The minimum atomic E-state index is 0.0584. The van der Waals surface area contributed by atoms with Crippen molar-refractivity contribution in [2.45, 2.75) is 62.2 Å². The highest BCUT2D eigenvalue weighted by Gasteiger charge is 2.34. The number of aryl methyl sites for hydroxylation is 1. The zero-order valence-electron chi connectivity index (χ0n) is 19.8. The minimum absolute atomic E-state index is 0.0584. The van der Waals surface area contributed by atoms with Crippen LogP contribution in [0.1, 0.15) is 72.9 Å². The second-order valence-corrected chi connectivity index (χ2v) is 11.3. The summed E-state index contributed by atoms with van der Waals surface area (Å²) >= 11 is 2.64. The van der Waals surface area contributed by atoms with E-state index in [9.17, 15) is 4.79 Å². The largest absolute Gasteiger partial charge is 0.348 e. The van der Waals surface area contributed by atoms with Crippen molar-refractivity contribution in [3.8, 4) is 0 Å². The smallest absolute Gasteiger partial charge is 0.258 e. The van der Waals surface area contributed by atoms with Gasteiger partial charge in [0.2, 0.25) is 0 Å². The third-order valence-corrected chi connectivity index (χ3v) is 8.71. The van der Waals surface area contributed by atoms with Crippen molar-refractivity contribution in [3.05, 3.63) is 70.9 Å². The van der Waals surface area contributed by atoms with E-state index in [4.69, 9.17) is 0 Å². The number of benzene rings is 2. The lowest BCUT2D eigenvalue weighted by Gasteiger charge is -2.39. The van der Waals surface area contributed by atoms with E-state index in [2.05, 4.69) is 78.7 Å². The molecule has 4 rings (SSSR count).